The van der Waals surface area contributed by atoms with Crippen LogP contribution in [0.2, 0.25) is 0 Å². The van der Waals surface area contributed by atoms with Crippen molar-refractivity contribution in [2.75, 3.05) is 0 Å². The monoisotopic (exact) mass is 228 g/mol. The molecule has 0 spiro atoms. The van der Waals surface area contributed by atoms with Gasteiger partial charge in [0.05, 0.1) is 4.90 Å². The fraction of sp³-hybridized carbons (Fsp3) is 0.300. The Morgan fingerprint density at radius 1 is 1.27 bits per heavy atom. The summed E-state index contributed by atoms with van der Waals surface area (Å²) in [6, 6.07) is 6.12. The Morgan fingerprint density at radius 3 is 2.13 bits per heavy atom. The van der Waals surface area contributed by atoms with Crippen LogP contribution in [0.15, 0.2) is 29.2 Å². The van der Waals surface area contributed by atoms with Gasteiger partial charge in [0.1, 0.15) is 0 Å². The van der Waals surface area contributed by atoms with E-state index in [1.165, 1.54) is 12.1 Å². The number of carboxylic acids is 1. The van der Waals surface area contributed by atoms with Crippen LogP contribution in [0.1, 0.15) is 12.5 Å². The first-order valence-corrected chi connectivity index (χ1v) is 5.93. The largest absolute Gasteiger partial charge is 0.480 e. The lowest BCUT2D eigenvalue weighted by atomic mass is 10.2. The standard InChI is InChI=1S/C10H12O4S/c1-7-3-5-9(6-4-7)15(13,14)8(2)10(11)12/h3-6,8H,1-2H3,(H,11,12). The van der Waals surface area contributed by atoms with Gasteiger partial charge in [-0.3, -0.25) is 4.79 Å². The normalized spacial score (nSPS) is 13.5. The second kappa shape index (κ2) is 4.02. The molecule has 1 unspecified atom stereocenters. The zero-order valence-corrected chi connectivity index (χ0v) is 9.28. The number of hydrogen-bond donors (Lipinski definition) is 1. The summed E-state index contributed by atoms with van der Waals surface area (Å²) in [5, 5.41) is 7.24. The molecule has 0 bridgehead atoms. The lowest BCUT2D eigenvalue weighted by Gasteiger charge is -2.08. The van der Waals surface area contributed by atoms with Crippen molar-refractivity contribution in [1.29, 1.82) is 0 Å². The maximum Gasteiger partial charge on any atom is 0.321 e. The van der Waals surface area contributed by atoms with E-state index in [1.54, 1.807) is 12.1 Å². The minimum absolute atomic E-state index is 0.0444. The Hall–Kier alpha value is -1.36. The summed E-state index contributed by atoms with van der Waals surface area (Å²) in [6.45, 7) is 2.99. The average Bonchev–Trinajstić information content (AvgIpc) is 2.17. The number of carboxylic acid groups (broad SMARTS) is 1. The van der Waals surface area contributed by atoms with Crippen molar-refractivity contribution in [3.8, 4) is 0 Å². The van der Waals surface area contributed by atoms with Crippen molar-refractivity contribution in [1.82, 2.24) is 0 Å². The van der Waals surface area contributed by atoms with Gasteiger partial charge in [-0.15, -0.1) is 0 Å². The highest BCUT2D eigenvalue weighted by molar-refractivity contribution is 7.92. The first-order chi connectivity index (χ1) is 6.85. The van der Waals surface area contributed by atoms with Crippen LogP contribution in [-0.2, 0) is 14.6 Å². The van der Waals surface area contributed by atoms with Gasteiger partial charge >= 0.3 is 5.97 Å². The lowest BCUT2D eigenvalue weighted by Crippen LogP contribution is -2.26. The van der Waals surface area contributed by atoms with Crippen LogP contribution in [0.25, 0.3) is 0 Å². The fourth-order valence-electron chi connectivity index (χ4n) is 1.06. The molecule has 0 heterocycles. The molecule has 5 heteroatoms. The van der Waals surface area contributed by atoms with Crippen molar-refractivity contribution in [3.63, 3.8) is 0 Å². The Labute approximate surface area is 88.5 Å². The Kier molecular flexibility index (Phi) is 3.14. The molecule has 0 aliphatic carbocycles. The van der Waals surface area contributed by atoms with E-state index in [1.807, 2.05) is 6.92 Å². The SMILES string of the molecule is Cc1ccc(S(=O)(=O)C(C)C(=O)O)cc1. The summed E-state index contributed by atoms with van der Waals surface area (Å²) in [6.07, 6.45) is 0. The molecule has 1 rings (SSSR count). The number of hydrogen-bond acceptors (Lipinski definition) is 3. The van der Waals surface area contributed by atoms with Crippen molar-refractivity contribution in [3.05, 3.63) is 29.8 Å². The fourth-order valence-corrected chi connectivity index (χ4v) is 2.25. The topological polar surface area (TPSA) is 71.4 Å². The zero-order chi connectivity index (χ0) is 11.6. The van der Waals surface area contributed by atoms with Crippen LogP contribution in [0.5, 0.6) is 0 Å². The van der Waals surface area contributed by atoms with Gasteiger partial charge in [0.25, 0.3) is 0 Å². The van der Waals surface area contributed by atoms with Crippen LogP contribution in [0, 0.1) is 6.92 Å². The van der Waals surface area contributed by atoms with E-state index in [2.05, 4.69) is 0 Å². The number of sulfone groups is 1. The van der Waals surface area contributed by atoms with Gasteiger partial charge in [0.15, 0.2) is 15.1 Å². The second-order valence-corrected chi connectivity index (χ2v) is 5.61. The predicted octanol–water partition coefficient (Wildman–Crippen LogP) is 1.24. The Bertz CT molecular complexity index is 459. The minimum Gasteiger partial charge on any atom is -0.480 e. The van der Waals surface area contributed by atoms with Gasteiger partial charge in [-0.1, -0.05) is 17.7 Å². The number of benzene rings is 1. The summed E-state index contributed by atoms with van der Waals surface area (Å²) in [5.41, 5.74) is 0.928. The molecule has 0 aromatic heterocycles. The highest BCUT2D eigenvalue weighted by atomic mass is 32.2. The molecular weight excluding hydrogens is 216 g/mol. The van der Waals surface area contributed by atoms with Crippen LogP contribution in [0.4, 0.5) is 0 Å². The van der Waals surface area contributed by atoms with Gasteiger partial charge < -0.3 is 5.11 Å². The summed E-state index contributed by atoms with van der Waals surface area (Å²) in [4.78, 5) is 10.7. The van der Waals surface area contributed by atoms with Gasteiger partial charge in [0, 0.05) is 0 Å². The number of aliphatic carboxylic acids is 1. The molecule has 0 amide bonds. The minimum atomic E-state index is -3.75. The molecular formula is C10H12O4S. The summed E-state index contributed by atoms with van der Waals surface area (Å²) >= 11 is 0. The van der Waals surface area contributed by atoms with E-state index in [9.17, 15) is 13.2 Å². The van der Waals surface area contributed by atoms with Crippen molar-refractivity contribution in [2.45, 2.75) is 24.0 Å². The lowest BCUT2D eigenvalue weighted by molar-refractivity contribution is -0.136. The number of aryl methyl sites for hydroxylation is 1. The van der Waals surface area contributed by atoms with E-state index in [-0.39, 0.29) is 4.90 Å². The first-order valence-electron chi connectivity index (χ1n) is 4.39. The average molecular weight is 228 g/mol. The maximum atomic E-state index is 11.7. The van der Waals surface area contributed by atoms with E-state index in [0.29, 0.717) is 0 Å². The molecule has 0 saturated heterocycles. The molecule has 1 aromatic rings. The van der Waals surface area contributed by atoms with E-state index in [0.717, 1.165) is 12.5 Å². The molecule has 15 heavy (non-hydrogen) atoms. The molecule has 1 aromatic carbocycles. The molecule has 1 atom stereocenters. The third-order valence-corrected chi connectivity index (χ3v) is 4.22. The highest BCUT2D eigenvalue weighted by Gasteiger charge is 2.29. The van der Waals surface area contributed by atoms with Gasteiger partial charge in [-0.25, -0.2) is 8.42 Å². The predicted molar refractivity (Wildman–Crippen MR) is 55.5 cm³/mol. The van der Waals surface area contributed by atoms with Crippen molar-refractivity contribution < 1.29 is 18.3 Å². The van der Waals surface area contributed by atoms with Crippen LogP contribution in [-0.4, -0.2) is 24.7 Å². The molecule has 0 radical (unpaired) electrons. The maximum absolute atomic E-state index is 11.7. The molecule has 1 N–H and O–H groups in total. The van der Waals surface area contributed by atoms with Crippen molar-refractivity contribution >= 4 is 15.8 Å². The third-order valence-electron chi connectivity index (χ3n) is 2.16. The van der Waals surface area contributed by atoms with Crippen LogP contribution in [0.3, 0.4) is 0 Å². The molecule has 4 nitrogen and oxygen atoms in total. The third kappa shape index (κ3) is 2.36. The smallest absolute Gasteiger partial charge is 0.321 e. The summed E-state index contributed by atoms with van der Waals surface area (Å²) in [5.74, 6) is -1.34. The second-order valence-electron chi connectivity index (χ2n) is 3.34. The van der Waals surface area contributed by atoms with E-state index in [4.69, 9.17) is 5.11 Å². The molecule has 0 saturated carbocycles. The van der Waals surface area contributed by atoms with E-state index < -0.39 is 21.1 Å². The quantitative estimate of drug-likeness (QED) is 0.845. The van der Waals surface area contributed by atoms with E-state index >= 15 is 0 Å². The van der Waals surface area contributed by atoms with Gasteiger partial charge in [0.2, 0.25) is 0 Å². The number of rotatable bonds is 3. The molecule has 82 valence electrons. The van der Waals surface area contributed by atoms with Crippen LogP contribution < -0.4 is 0 Å². The first kappa shape index (κ1) is 11.7. The van der Waals surface area contributed by atoms with Crippen LogP contribution >= 0.6 is 0 Å². The zero-order valence-electron chi connectivity index (χ0n) is 8.47. The Balaban J connectivity index is 3.17. The van der Waals surface area contributed by atoms with Gasteiger partial charge in [-0.2, -0.15) is 0 Å². The molecule has 0 aliphatic rings. The molecule has 0 fully saturated rings. The number of carbonyl (C=O) groups is 1. The Morgan fingerprint density at radius 2 is 1.73 bits per heavy atom. The summed E-state index contributed by atoms with van der Waals surface area (Å²) in [7, 11) is -3.75. The molecule has 0 aliphatic heterocycles. The summed E-state index contributed by atoms with van der Waals surface area (Å²) < 4.78 is 23.4. The highest BCUT2D eigenvalue weighted by Crippen LogP contribution is 2.16. The van der Waals surface area contributed by atoms with Gasteiger partial charge in [-0.05, 0) is 26.0 Å². The van der Waals surface area contributed by atoms with Crippen molar-refractivity contribution in [2.24, 2.45) is 0 Å².